The van der Waals surface area contributed by atoms with Crippen molar-refractivity contribution in [2.45, 2.75) is 25.8 Å². The molecule has 0 bridgehead atoms. The number of pyridine rings is 1. The lowest BCUT2D eigenvalue weighted by molar-refractivity contribution is -0.116. The van der Waals surface area contributed by atoms with E-state index in [1.807, 2.05) is 16.7 Å². The Kier molecular flexibility index (Phi) is 6.05. The Hall–Kier alpha value is -3.25. The van der Waals surface area contributed by atoms with E-state index in [0.29, 0.717) is 36.5 Å². The van der Waals surface area contributed by atoms with E-state index in [4.69, 9.17) is 16.6 Å². The average Bonchev–Trinajstić information content (AvgIpc) is 3.07. The number of carbonyl (C=O) groups is 1. The molecule has 5 nitrogen and oxygen atoms in total. The third kappa shape index (κ3) is 4.83. The zero-order chi connectivity index (χ0) is 20.9. The lowest BCUT2D eigenvalue weighted by Crippen LogP contribution is -2.12. The van der Waals surface area contributed by atoms with Gasteiger partial charge in [-0.1, -0.05) is 29.8 Å². The zero-order valence-electron chi connectivity index (χ0n) is 16.2. The first-order chi connectivity index (χ1) is 14.6. The number of fused-ring (bicyclic) bond motifs is 1. The van der Waals surface area contributed by atoms with Crippen LogP contribution in [-0.2, 0) is 17.8 Å². The molecule has 0 saturated carbocycles. The molecule has 7 heteroatoms. The molecule has 0 aliphatic rings. The Morgan fingerprint density at radius 1 is 1.10 bits per heavy atom. The molecular formula is C23H20ClFN4O. The Morgan fingerprint density at radius 3 is 2.73 bits per heavy atom. The van der Waals surface area contributed by atoms with E-state index < -0.39 is 0 Å². The Morgan fingerprint density at radius 2 is 1.93 bits per heavy atom. The van der Waals surface area contributed by atoms with Crippen molar-refractivity contribution in [3.8, 4) is 0 Å². The van der Waals surface area contributed by atoms with Crippen molar-refractivity contribution in [3.63, 3.8) is 0 Å². The van der Waals surface area contributed by atoms with Gasteiger partial charge in [-0.25, -0.2) is 14.4 Å². The zero-order valence-corrected chi connectivity index (χ0v) is 16.9. The second-order valence-corrected chi connectivity index (χ2v) is 7.44. The first-order valence-corrected chi connectivity index (χ1v) is 10.1. The fourth-order valence-corrected chi connectivity index (χ4v) is 3.52. The van der Waals surface area contributed by atoms with Gasteiger partial charge in [-0.15, -0.1) is 0 Å². The van der Waals surface area contributed by atoms with Crippen LogP contribution in [0.4, 0.5) is 10.1 Å². The van der Waals surface area contributed by atoms with Crippen LogP contribution in [-0.4, -0.2) is 20.4 Å². The van der Waals surface area contributed by atoms with Crippen LogP contribution in [0, 0.1) is 5.82 Å². The molecule has 4 rings (SSSR count). The topological polar surface area (TPSA) is 59.8 Å². The maximum absolute atomic E-state index is 13.2. The molecular weight excluding hydrogens is 403 g/mol. The summed E-state index contributed by atoms with van der Waals surface area (Å²) in [7, 11) is 0. The van der Waals surface area contributed by atoms with Gasteiger partial charge in [-0.05, 0) is 54.4 Å². The van der Waals surface area contributed by atoms with Gasteiger partial charge in [0.1, 0.15) is 17.2 Å². The van der Waals surface area contributed by atoms with Gasteiger partial charge in [0.05, 0.1) is 6.54 Å². The van der Waals surface area contributed by atoms with Gasteiger partial charge >= 0.3 is 0 Å². The number of anilines is 1. The quantitative estimate of drug-likeness (QED) is 0.443. The highest BCUT2D eigenvalue weighted by molar-refractivity contribution is 6.30. The summed E-state index contributed by atoms with van der Waals surface area (Å²) in [5.41, 5.74) is 3.22. The second kappa shape index (κ2) is 9.05. The fourth-order valence-electron chi connectivity index (χ4n) is 3.33. The van der Waals surface area contributed by atoms with Gasteiger partial charge in [0.15, 0.2) is 5.65 Å². The Balaban J connectivity index is 1.45. The van der Waals surface area contributed by atoms with E-state index in [0.717, 1.165) is 22.6 Å². The first-order valence-electron chi connectivity index (χ1n) is 9.68. The second-order valence-electron chi connectivity index (χ2n) is 7.00. The van der Waals surface area contributed by atoms with Crippen LogP contribution in [0.2, 0.25) is 5.02 Å². The van der Waals surface area contributed by atoms with Gasteiger partial charge in [0.2, 0.25) is 5.91 Å². The van der Waals surface area contributed by atoms with Crippen molar-refractivity contribution < 1.29 is 9.18 Å². The predicted octanol–water partition coefficient (Wildman–Crippen LogP) is 5.23. The lowest BCUT2D eigenvalue weighted by Gasteiger charge is -2.09. The normalized spacial score (nSPS) is 11.0. The molecule has 0 aliphatic heterocycles. The number of hydrogen-bond donors (Lipinski definition) is 1. The number of imidazole rings is 1. The van der Waals surface area contributed by atoms with Crippen LogP contribution in [0.1, 0.15) is 24.2 Å². The van der Waals surface area contributed by atoms with Crippen molar-refractivity contribution in [2.75, 3.05) is 5.32 Å². The van der Waals surface area contributed by atoms with E-state index in [1.54, 1.807) is 42.6 Å². The molecule has 0 atom stereocenters. The Labute approximate surface area is 178 Å². The molecule has 1 amide bonds. The van der Waals surface area contributed by atoms with E-state index in [-0.39, 0.29) is 11.7 Å². The van der Waals surface area contributed by atoms with Crippen LogP contribution in [0.25, 0.3) is 11.2 Å². The number of aryl methyl sites for hydroxylation is 1. The summed E-state index contributed by atoms with van der Waals surface area (Å²) >= 11 is 5.95. The molecule has 0 radical (unpaired) electrons. The molecule has 152 valence electrons. The number of nitrogens with one attached hydrogen (secondary N) is 1. The molecule has 2 aromatic heterocycles. The van der Waals surface area contributed by atoms with Gasteiger partial charge in [-0.2, -0.15) is 0 Å². The third-order valence-electron chi connectivity index (χ3n) is 4.75. The predicted molar refractivity (Wildman–Crippen MR) is 116 cm³/mol. The maximum atomic E-state index is 13.2. The number of halogens is 2. The molecule has 0 aliphatic carbocycles. The van der Waals surface area contributed by atoms with E-state index >= 15 is 0 Å². The summed E-state index contributed by atoms with van der Waals surface area (Å²) in [6, 6.07) is 17.2. The van der Waals surface area contributed by atoms with Crippen molar-refractivity contribution in [1.82, 2.24) is 14.5 Å². The molecule has 0 unspecified atom stereocenters. The standard InChI is InChI=1S/C23H20ClFN4O/c24-17-4-1-5-19(14-17)27-22(30)8-2-7-21-28-20-6-3-13-26-23(20)29(21)15-16-9-11-18(25)12-10-16/h1,3-6,9-14H,2,7-8,15H2,(H,27,30). The minimum atomic E-state index is -0.265. The third-order valence-corrected chi connectivity index (χ3v) is 4.98. The van der Waals surface area contributed by atoms with Crippen LogP contribution in [0.3, 0.4) is 0 Å². The number of amides is 1. The van der Waals surface area contributed by atoms with Crippen LogP contribution < -0.4 is 5.32 Å². The summed E-state index contributed by atoms with van der Waals surface area (Å²) in [6.07, 6.45) is 3.35. The van der Waals surface area contributed by atoms with Gasteiger partial charge in [-0.3, -0.25) is 4.79 Å². The number of benzene rings is 2. The molecule has 0 saturated heterocycles. The summed E-state index contributed by atoms with van der Waals surface area (Å²) < 4.78 is 15.3. The van der Waals surface area contributed by atoms with Crippen molar-refractivity contribution in [3.05, 3.63) is 89.1 Å². The lowest BCUT2D eigenvalue weighted by atomic mass is 10.2. The SMILES string of the molecule is O=C(CCCc1nc2cccnc2n1Cc1ccc(F)cc1)Nc1cccc(Cl)c1. The van der Waals surface area contributed by atoms with Gasteiger partial charge in [0, 0.05) is 29.7 Å². The minimum absolute atomic E-state index is 0.0726. The minimum Gasteiger partial charge on any atom is -0.326 e. The smallest absolute Gasteiger partial charge is 0.224 e. The highest BCUT2D eigenvalue weighted by Gasteiger charge is 2.13. The maximum Gasteiger partial charge on any atom is 0.224 e. The average molecular weight is 423 g/mol. The molecule has 2 heterocycles. The van der Waals surface area contributed by atoms with Crippen molar-refractivity contribution in [2.24, 2.45) is 0 Å². The highest BCUT2D eigenvalue weighted by Crippen LogP contribution is 2.19. The number of carbonyl (C=O) groups excluding carboxylic acids is 1. The Bertz CT molecular complexity index is 1170. The monoisotopic (exact) mass is 422 g/mol. The fraction of sp³-hybridized carbons (Fsp3) is 0.174. The van der Waals surface area contributed by atoms with E-state index in [1.165, 1.54) is 12.1 Å². The van der Waals surface area contributed by atoms with Crippen LogP contribution >= 0.6 is 11.6 Å². The number of rotatable bonds is 7. The number of aromatic nitrogens is 3. The van der Waals surface area contributed by atoms with Crippen LogP contribution in [0.15, 0.2) is 66.9 Å². The van der Waals surface area contributed by atoms with E-state index in [9.17, 15) is 9.18 Å². The first kappa shape index (κ1) is 20.0. The largest absolute Gasteiger partial charge is 0.326 e. The van der Waals surface area contributed by atoms with Crippen LogP contribution in [0.5, 0.6) is 0 Å². The van der Waals surface area contributed by atoms with Gasteiger partial charge < -0.3 is 9.88 Å². The van der Waals surface area contributed by atoms with Crippen molar-refractivity contribution in [1.29, 1.82) is 0 Å². The molecule has 0 fully saturated rings. The summed E-state index contributed by atoms with van der Waals surface area (Å²) in [6.45, 7) is 0.540. The molecule has 2 aromatic carbocycles. The summed E-state index contributed by atoms with van der Waals surface area (Å²) in [4.78, 5) is 21.4. The molecule has 0 spiro atoms. The van der Waals surface area contributed by atoms with Gasteiger partial charge in [0.25, 0.3) is 0 Å². The number of hydrogen-bond acceptors (Lipinski definition) is 3. The summed E-state index contributed by atoms with van der Waals surface area (Å²) in [5, 5.41) is 3.44. The summed E-state index contributed by atoms with van der Waals surface area (Å²) in [5.74, 6) is 0.512. The molecule has 30 heavy (non-hydrogen) atoms. The highest BCUT2D eigenvalue weighted by atomic mass is 35.5. The van der Waals surface area contributed by atoms with E-state index in [2.05, 4.69) is 10.3 Å². The van der Waals surface area contributed by atoms with Crippen molar-refractivity contribution >= 4 is 34.4 Å². The molecule has 1 N–H and O–H groups in total. The number of nitrogens with zero attached hydrogens (tertiary/aromatic N) is 3. The molecule has 4 aromatic rings.